The number of aromatic nitrogens is 1. The summed E-state index contributed by atoms with van der Waals surface area (Å²) in [5, 5.41) is 18.1. The molecule has 0 radical (unpaired) electrons. The van der Waals surface area contributed by atoms with Gasteiger partial charge in [-0.2, -0.15) is 0 Å². The van der Waals surface area contributed by atoms with Crippen LogP contribution in [0.25, 0.3) is 0 Å². The Labute approximate surface area is 202 Å². The van der Waals surface area contributed by atoms with Crippen molar-refractivity contribution in [2.24, 2.45) is 5.92 Å². The fourth-order valence-corrected chi connectivity index (χ4v) is 4.96. The van der Waals surface area contributed by atoms with Crippen LogP contribution in [0.2, 0.25) is 0 Å². The van der Waals surface area contributed by atoms with Crippen molar-refractivity contribution in [1.82, 2.24) is 10.3 Å². The number of fused-ring (bicyclic) bond motifs is 2. The molecule has 36 heavy (non-hydrogen) atoms. The van der Waals surface area contributed by atoms with Gasteiger partial charge in [0.1, 0.15) is 28.9 Å². The zero-order valence-corrected chi connectivity index (χ0v) is 18.6. The second-order valence-electron chi connectivity index (χ2n) is 9.16. The molecule has 11 heteroatoms. The summed E-state index contributed by atoms with van der Waals surface area (Å²) in [6, 6.07) is 6.76. The van der Waals surface area contributed by atoms with Crippen LogP contribution in [0.1, 0.15) is 29.9 Å². The number of pyridine rings is 1. The van der Waals surface area contributed by atoms with Crippen molar-refractivity contribution in [3.63, 3.8) is 0 Å². The van der Waals surface area contributed by atoms with Crippen molar-refractivity contribution < 1.29 is 32.6 Å². The van der Waals surface area contributed by atoms with Crippen molar-refractivity contribution >= 4 is 23.4 Å². The molecule has 2 saturated carbocycles. The first-order valence-electron chi connectivity index (χ1n) is 11.3. The van der Waals surface area contributed by atoms with Gasteiger partial charge in [0.25, 0.3) is 0 Å². The Hall–Kier alpha value is -4.28. The van der Waals surface area contributed by atoms with Crippen LogP contribution in [0.15, 0.2) is 42.6 Å². The average Bonchev–Trinajstić information content (AvgIpc) is 3.69. The number of carbonyl (C=O) groups excluding carboxylic acids is 2. The third kappa shape index (κ3) is 3.67. The van der Waals surface area contributed by atoms with Crippen LogP contribution in [0.3, 0.4) is 0 Å². The quantitative estimate of drug-likeness (QED) is 0.387. The SMILES string of the molecule is O=C1CCc2c(Oc3ccc(O)c(C4C5CC54NC(=O)Nc4cc(F)cc(F)c4F)c3)ccnc2N1. The maximum Gasteiger partial charge on any atom is 0.319 e. The molecule has 1 aromatic heterocycles. The summed E-state index contributed by atoms with van der Waals surface area (Å²) in [4.78, 5) is 28.3. The summed E-state index contributed by atoms with van der Waals surface area (Å²) >= 11 is 0. The lowest BCUT2D eigenvalue weighted by molar-refractivity contribution is -0.116. The van der Waals surface area contributed by atoms with Crippen LogP contribution >= 0.6 is 0 Å². The number of rotatable bonds is 5. The standard InChI is InChI=1S/C25H19F3N4O4/c26-11-7-16(27)22(28)17(8-11)30-24(35)32-25-10-15(25)21(25)14-9-12(1-3-18(14)33)36-19-5-6-29-23-13(19)2-4-20(34)31-23/h1,3,5-9,15,21,33H,2,4,10H2,(H,29,31,34)(H2,30,32,35). The van der Waals surface area contributed by atoms with E-state index in [4.69, 9.17) is 4.74 Å². The van der Waals surface area contributed by atoms with E-state index in [1.54, 1.807) is 18.2 Å². The topological polar surface area (TPSA) is 113 Å². The van der Waals surface area contributed by atoms with E-state index in [1.165, 1.54) is 12.3 Å². The van der Waals surface area contributed by atoms with Gasteiger partial charge in [-0.3, -0.25) is 4.79 Å². The average molecular weight is 496 g/mol. The van der Waals surface area contributed by atoms with Crippen molar-refractivity contribution in [3.8, 4) is 17.2 Å². The molecule has 3 atom stereocenters. The Morgan fingerprint density at radius 3 is 2.81 bits per heavy atom. The van der Waals surface area contributed by atoms with Crippen molar-refractivity contribution in [1.29, 1.82) is 0 Å². The zero-order valence-electron chi connectivity index (χ0n) is 18.6. The molecule has 8 nitrogen and oxygen atoms in total. The molecule has 4 N–H and O–H groups in total. The summed E-state index contributed by atoms with van der Waals surface area (Å²) in [6.07, 6.45) is 2.98. The second kappa shape index (κ2) is 7.87. The zero-order chi connectivity index (χ0) is 25.2. The van der Waals surface area contributed by atoms with Gasteiger partial charge in [0, 0.05) is 41.8 Å². The number of nitrogens with zero attached hydrogens (tertiary/aromatic N) is 1. The molecular formula is C25H19F3N4O4. The third-order valence-corrected chi connectivity index (χ3v) is 6.93. The number of hydrogen-bond donors (Lipinski definition) is 4. The predicted octanol–water partition coefficient (Wildman–Crippen LogP) is 4.56. The summed E-state index contributed by atoms with van der Waals surface area (Å²) < 4.78 is 46.8. The van der Waals surface area contributed by atoms with E-state index < -0.39 is 34.7 Å². The van der Waals surface area contributed by atoms with E-state index in [0.717, 1.165) is 5.56 Å². The van der Waals surface area contributed by atoms with Gasteiger partial charge < -0.3 is 25.8 Å². The highest BCUT2D eigenvalue weighted by Crippen LogP contribution is 2.77. The van der Waals surface area contributed by atoms with Gasteiger partial charge in [-0.25, -0.2) is 22.9 Å². The van der Waals surface area contributed by atoms with Crippen LogP contribution < -0.4 is 20.7 Å². The monoisotopic (exact) mass is 496 g/mol. The van der Waals surface area contributed by atoms with Gasteiger partial charge in [-0.05, 0) is 43.0 Å². The normalized spacial score (nSPS) is 23.1. The molecule has 2 fully saturated rings. The highest BCUT2D eigenvalue weighted by Gasteiger charge is 2.80. The van der Waals surface area contributed by atoms with E-state index in [-0.39, 0.29) is 23.5 Å². The van der Waals surface area contributed by atoms with Crippen molar-refractivity contribution in [2.45, 2.75) is 30.7 Å². The fourth-order valence-electron chi connectivity index (χ4n) is 4.96. The summed E-state index contributed by atoms with van der Waals surface area (Å²) in [5.41, 5.74) is 0.105. The molecule has 2 heterocycles. The third-order valence-electron chi connectivity index (χ3n) is 6.93. The first kappa shape index (κ1) is 22.2. The molecule has 0 bridgehead atoms. The van der Waals surface area contributed by atoms with Crippen LogP contribution in [-0.4, -0.2) is 27.6 Å². The minimum atomic E-state index is -1.41. The molecule has 3 aromatic rings. The molecule has 184 valence electrons. The van der Waals surface area contributed by atoms with Crippen molar-refractivity contribution in [3.05, 3.63) is 71.2 Å². The lowest BCUT2D eigenvalue weighted by Gasteiger charge is -2.20. The number of phenolic OH excluding ortho intramolecular Hbond substituents is 1. The minimum absolute atomic E-state index is 0.0309. The van der Waals surface area contributed by atoms with E-state index in [0.29, 0.717) is 54.3 Å². The lowest BCUT2D eigenvalue weighted by atomic mass is 9.99. The van der Waals surface area contributed by atoms with Gasteiger partial charge in [0.15, 0.2) is 11.6 Å². The van der Waals surface area contributed by atoms with Gasteiger partial charge >= 0.3 is 6.03 Å². The summed E-state index contributed by atoms with van der Waals surface area (Å²) in [6.45, 7) is 0. The molecule has 3 unspecified atom stereocenters. The smallest absolute Gasteiger partial charge is 0.319 e. The van der Waals surface area contributed by atoms with Gasteiger partial charge in [0.2, 0.25) is 5.91 Å². The molecule has 0 saturated heterocycles. The molecule has 3 amide bonds. The number of nitrogens with one attached hydrogen (secondary N) is 3. The van der Waals surface area contributed by atoms with Crippen molar-refractivity contribution in [2.75, 3.05) is 10.6 Å². The van der Waals surface area contributed by atoms with Gasteiger partial charge in [-0.15, -0.1) is 0 Å². The summed E-state index contributed by atoms with van der Waals surface area (Å²) in [5.74, 6) is -2.56. The number of benzene rings is 2. The maximum absolute atomic E-state index is 13.9. The van der Waals surface area contributed by atoms with Gasteiger partial charge in [0.05, 0.1) is 11.2 Å². The number of halogens is 3. The molecule has 3 aliphatic rings. The first-order valence-corrected chi connectivity index (χ1v) is 11.3. The highest BCUT2D eigenvalue weighted by atomic mass is 19.2. The fraction of sp³-hybridized carbons (Fsp3) is 0.240. The second-order valence-corrected chi connectivity index (χ2v) is 9.16. The number of anilines is 2. The number of ether oxygens (including phenoxy) is 1. The molecule has 1 aliphatic heterocycles. The Kier molecular flexibility index (Phi) is 4.85. The number of aromatic hydroxyl groups is 1. The minimum Gasteiger partial charge on any atom is -0.508 e. The first-order chi connectivity index (χ1) is 17.2. The Morgan fingerprint density at radius 2 is 2.00 bits per heavy atom. The largest absolute Gasteiger partial charge is 0.508 e. The Morgan fingerprint density at radius 1 is 1.17 bits per heavy atom. The number of hydrogen-bond acceptors (Lipinski definition) is 5. The predicted molar refractivity (Wildman–Crippen MR) is 121 cm³/mol. The van der Waals surface area contributed by atoms with E-state index in [9.17, 15) is 27.9 Å². The number of urea groups is 1. The summed E-state index contributed by atoms with van der Waals surface area (Å²) in [7, 11) is 0. The number of amides is 3. The lowest BCUT2D eigenvalue weighted by Crippen LogP contribution is -2.36. The molecule has 2 aromatic carbocycles. The van der Waals surface area contributed by atoms with Crippen LogP contribution in [0, 0.1) is 23.4 Å². The molecule has 6 rings (SSSR count). The Bertz CT molecular complexity index is 1450. The van der Waals surface area contributed by atoms with Crippen LogP contribution in [0.4, 0.5) is 29.5 Å². The van der Waals surface area contributed by atoms with E-state index in [2.05, 4.69) is 20.9 Å². The highest BCUT2D eigenvalue weighted by molar-refractivity contribution is 5.93. The number of phenols is 1. The molecule has 2 aliphatic carbocycles. The van der Waals surface area contributed by atoms with E-state index >= 15 is 0 Å². The van der Waals surface area contributed by atoms with Gasteiger partial charge in [-0.1, -0.05) is 0 Å². The molecular weight excluding hydrogens is 477 g/mol. The van der Waals surface area contributed by atoms with Crippen LogP contribution in [0.5, 0.6) is 17.2 Å². The van der Waals surface area contributed by atoms with E-state index in [1.807, 2.05) is 0 Å². The maximum atomic E-state index is 13.9. The molecule has 0 spiro atoms. The van der Waals surface area contributed by atoms with Crippen LogP contribution in [-0.2, 0) is 11.2 Å². The Balaban J connectivity index is 1.18. The number of carbonyl (C=O) groups is 2.